The van der Waals surface area contributed by atoms with Crippen molar-refractivity contribution in [1.82, 2.24) is 10.2 Å². The summed E-state index contributed by atoms with van der Waals surface area (Å²) in [4.78, 5) is 38.9. The number of alkyl carbamates (subject to hydrolysis) is 1. The highest BCUT2D eigenvalue weighted by Gasteiger charge is 2.36. The summed E-state index contributed by atoms with van der Waals surface area (Å²) in [5, 5.41) is 11.9. The van der Waals surface area contributed by atoms with E-state index in [1.165, 1.54) is 0 Å². The van der Waals surface area contributed by atoms with Crippen LogP contribution in [0.1, 0.15) is 42.7 Å². The van der Waals surface area contributed by atoms with E-state index in [1.54, 1.807) is 4.90 Å². The molecule has 2 amide bonds. The van der Waals surface area contributed by atoms with Crippen LogP contribution in [0.25, 0.3) is 11.1 Å². The third-order valence-corrected chi connectivity index (χ3v) is 7.15. The summed E-state index contributed by atoms with van der Waals surface area (Å²) >= 11 is 0. The minimum absolute atomic E-state index is 0.0917. The Balaban J connectivity index is 1.22. The second kappa shape index (κ2) is 10.1. The van der Waals surface area contributed by atoms with E-state index in [0.717, 1.165) is 41.5 Å². The fraction of sp³-hybridized carbons (Fsp3) is 0.444. The van der Waals surface area contributed by atoms with Gasteiger partial charge in [0.1, 0.15) is 12.6 Å². The zero-order valence-corrected chi connectivity index (χ0v) is 19.5. The molecule has 2 aromatic carbocycles. The molecule has 1 heterocycles. The molecule has 35 heavy (non-hydrogen) atoms. The maximum atomic E-state index is 13.1. The van der Waals surface area contributed by atoms with E-state index in [-0.39, 0.29) is 18.6 Å². The Morgan fingerprint density at radius 3 is 2.29 bits per heavy atom. The number of ether oxygens (including phenoxy) is 2. The van der Waals surface area contributed by atoms with Gasteiger partial charge in [0.25, 0.3) is 0 Å². The molecule has 184 valence electrons. The van der Waals surface area contributed by atoms with Gasteiger partial charge < -0.3 is 24.8 Å². The van der Waals surface area contributed by atoms with Crippen LogP contribution in [0.2, 0.25) is 0 Å². The van der Waals surface area contributed by atoms with Crippen molar-refractivity contribution < 1.29 is 29.0 Å². The van der Waals surface area contributed by atoms with Crippen LogP contribution in [0.15, 0.2) is 48.5 Å². The van der Waals surface area contributed by atoms with Gasteiger partial charge in [0.15, 0.2) is 0 Å². The molecular weight excluding hydrogens is 448 g/mol. The maximum Gasteiger partial charge on any atom is 0.407 e. The average molecular weight is 479 g/mol. The summed E-state index contributed by atoms with van der Waals surface area (Å²) in [7, 11) is 0. The van der Waals surface area contributed by atoms with Crippen LogP contribution in [-0.4, -0.2) is 66.4 Å². The van der Waals surface area contributed by atoms with Crippen LogP contribution < -0.4 is 5.32 Å². The van der Waals surface area contributed by atoms with Gasteiger partial charge in [-0.1, -0.05) is 48.5 Å². The Kier molecular flexibility index (Phi) is 6.72. The lowest BCUT2D eigenvalue weighted by molar-refractivity contribution is -0.142. The van der Waals surface area contributed by atoms with E-state index >= 15 is 0 Å². The number of nitrogens with one attached hydrogen (secondary N) is 1. The molecule has 8 nitrogen and oxygen atoms in total. The quantitative estimate of drug-likeness (QED) is 0.632. The van der Waals surface area contributed by atoms with Gasteiger partial charge in [0.2, 0.25) is 5.91 Å². The van der Waals surface area contributed by atoms with E-state index in [2.05, 4.69) is 17.4 Å². The normalized spacial score (nSPS) is 20.3. The molecule has 5 rings (SSSR count). The molecule has 0 aromatic heterocycles. The first-order valence-electron chi connectivity index (χ1n) is 12.2. The van der Waals surface area contributed by atoms with Gasteiger partial charge in [-0.2, -0.15) is 0 Å². The van der Waals surface area contributed by atoms with E-state index < -0.39 is 30.4 Å². The number of hydrogen-bond acceptors (Lipinski definition) is 5. The molecule has 2 atom stereocenters. The minimum atomic E-state index is -1.19. The van der Waals surface area contributed by atoms with Crippen LogP contribution in [0.4, 0.5) is 4.79 Å². The second-order valence-corrected chi connectivity index (χ2v) is 9.48. The summed E-state index contributed by atoms with van der Waals surface area (Å²) in [6.45, 7) is 1.37. The summed E-state index contributed by atoms with van der Waals surface area (Å²) in [6, 6.07) is 14.8. The van der Waals surface area contributed by atoms with Gasteiger partial charge in [-0.25, -0.2) is 4.79 Å². The number of carboxylic acids is 1. The third kappa shape index (κ3) is 5.17. The number of carboxylic acid groups (broad SMARTS) is 1. The van der Waals surface area contributed by atoms with Crippen LogP contribution >= 0.6 is 0 Å². The summed E-state index contributed by atoms with van der Waals surface area (Å²) < 4.78 is 11.4. The predicted octanol–water partition coefficient (Wildman–Crippen LogP) is 3.40. The van der Waals surface area contributed by atoms with Gasteiger partial charge in [-0.05, 0) is 47.4 Å². The van der Waals surface area contributed by atoms with Crippen LogP contribution in [0, 0.1) is 5.92 Å². The number of rotatable bonds is 7. The first-order chi connectivity index (χ1) is 17.0. The van der Waals surface area contributed by atoms with Crippen molar-refractivity contribution in [2.45, 2.75) is 43.7 Å². The van der Waals surface area contributed by atoms with Gasteiger partial charge in [0, 0.05) is 19.0 Å². The number of benzene rings is 2. The molecule has 2 aromatic rings. The topological polar surface area (TPSA) is 105 Å². The number of hydrogen-bond donors (Lipinski definition) is 2. The van der Waals surface area contributed by atoms with Gasteiger partial charge in [-0.3, -0.25) is 9.59 Å². The molecule has 3 aliphatic rings. The van der Waals surface area contributed by atoms with Crippen LogP contribution in [-0.2, 0) is 19.1 Å². The van der Waals surface area contributed by atoms with E-state index in [9.17, 15) is 19.5 Å². The fourth-order valence-corrected chi connectivity index (χ4v) is 5.23. The number of nitrogens with zero attached hydrogens (tertiary/aromatic N) is 1. The highest BCUT2D eigenvalue weighted by molar-refractivity contribution is 5.89. The Bertz CT molecular complexity index is 1070. The molecule has 1 aliphatic heterocycles. The average Bonchev–Trinajstić information content (AvgIpc) is 3.67. The summed E-state index contributed by atoms with van der Waals surface area (Å²) in [5.74, 6) is -1.13. The minimum Gasteiger partial charge on any atom is -0.481 e. The monoisotopic (exact) mass is 478 g/mol. The van der Waals surface area contributed by atoms with Gasteiger partial charge in [0.05, 0.1) is 19.1 Å². The standard InChI is InChI=1S/C27H30N2O6/c30-25(31)15-23(26(32)29-12-11-24(17-9-10-17)34-14-13-29)28-27(33)35-16-22-20-7-3-1-5-18(20)19-6-2-4-8-21(19)22/h1-8,17,22-24H,9-16H2,(H,28,33)(H,30,31). The van der Waals surface area contributed by atoms with Crippen molar-refractivity contribution >= 4 is 18.0 Å². The predicted molar refractivity (Wildman–Crippen MR) is 128 cm³/mol. The van der Waals surface area contributed by atoms with Crippen molar-refractivity contribution in [2.24, 2.45) is 5.92 Å². The SMILES string of the molecule is O=C(O)CC(NC(=O)OCC1c2ccccc2-c2ccccc21)C(=O)N1CCOC(C2CC2)CC1. The maximum absolute atomic E-state index is 13.1. The van der Waals surface area contributed by atoms with Crippen molar-refractivity contribution in [3.05, 3.63) is 59.7 Å². The third-order valence-electron chi connectivity index (χ3n) is 7.15. The molecule has 1 saturated heterocycles. The molecule has 8 heteroatoms. The molecule has 2 N–H and O–H groups in total. The van der Waals surface area contributed by atoms with Crippen molar-refractivity contribution in [2.75, 3.05) is 26.3 Å². The molecule has 2 unspecified atom stereocenters. The Labute approximate surface area is 204 Å². The van der Waals surface area contributed by atoms with E-state index in [1.807, 2.05) is 36.4 Å². The molecule has 2 aliphatic carbocycles. The first kappa shape index (κ1) is 23.4. The molecule has 0 spiro atoms. The molecule has 2 fully saturated rings. The van der Waals surface area contributed by atoms with E-state index in [4.69, 9.17) is 9.47 Å². The Hall–Kier alpha value is -3.39. The number of carbonyl (C=O) groups excluding carboxylic acids is 2. The largest absolute Gasteiger partial charge is 0.481 e. The molecule has 0 radical (unpaired) electrons. The lowest BCUT2D eigenvalue weighted by Crippen LogP contribution is -2.50. The fourth-order valence-electron chi connectivity index (χ4n) is 5.23. The van der Waals surface area contributed by atoms with Crippen molar-refractivity contribution in [3.8, 4) is 11.1 Å². The van der Waals surface area contributed by atoms with Crippen LogP contribution in [0.5, 0.6) is 0 Å². The lowest BCUT2D eigenvalue weighted by atomic mass is 9.98. The molecular formula is C27H30N2O6. The highest BCUT2D eigenvalue weighted by atomic mass is 16.5. The number of carbonyl (C=O) groups is 3. The Morgan fingerprint density at radius 1 is 1.00 bits per heavy atom. The summed E-state index contributed by atoms with van der Waals surface area (Å²) in [5.41, 5.74) is 4.39. The number of amides is 2. The first-order valence-corrected chi connectivity index (χ1v) is 12.2. The van der Waals surface area contributed by atoms with Crippen molar-refractivity contribution in [1.29, 1.82) is 0 Å². The number of fused-ring (bicyclic) bond motifs is 3. The highest BCUT2D eigenvalue weighted by Crippen LogP contribution is 2.44. The number of aliphatic carboxylic acids is 1. The Morgan fingerprint density at radius 2 is 1.66 bits per heavy atom. The lowest BCUT2D eigenvalue weighted by Gasteiger charge is -2.25. The zero-order chi connectivity index (χ0) is 24.4. The van der Waals surface area contributed by atoms with Crippen LogP contribution in [0.3, 0.4) is 0 Å². The summed E-state index contributed by atoms with van der Waals surface area (Å²) in [6.07, 6.45) is 1.88. The van der Waals surface area contributed by atoms with Gasteiger partial charge in [-0.15, -0.1) is 0 Å². The van der Waals surface area contributed by atoms with Gasteiger partial charge >= 0.3 is 12.1 Å². The van der Waals surface area contributed by atoms with E-state index in [0.29, 0.717) is 25.6 Å². The molecule has 1 saturated carbocycles. The van der Waals surface area contributed by atoms with Crippen molar-refractivity contribution in [3.63, 3.8) is 0 Å². The molecule has 0 bridgehead atoms. The second-order valence-electron chi connectivity index (χ2n) is 9.48. The zero-order valence-electron chi connectivity index (χ0n) is 19.5. The smallest absolute Gasteiger partial charge is 0.407 e.